The van der Waals surface area contributed by atoms with Gasteiger partial charge in [0.1, 0.15) is 17.8 Å². The van der Waals surface area contributed by atoms with E-state index in [0.29, 0.717) is 23.9 Å². The second kappa shape index (κ2) is 10.6. The first-order chi connectivity index (χ1) is 15.1. The summed E-state index contributed by atoms with van der Waals surface area (Å²) in [5.41, 5.74) is 0.715. The van der Waals surface area contributed by atoms with E-state index in [2.05, 4.69) is 0 Å². The molecule has 31 heavy (non-hydrogen) atoms. The van der Waals surface area contributed by atoms with E-state index in [-0.39, 0.29) is 19.3 Å². The van der Waals surface area contributed by atoms with Crippen LogP contribution >= 0.6 is 11.8 Å². The van der Waals surface area contributed by atoms with Gasteiger partial charge < -0.3 is 33.5 Å². The van der Waals surface area contributed by atoms with Crippen LogP contribution in [0, 0.1) is 0 Å². The molecule has 3 unspecified atom stereocenters. The normalized spacial score (nSPS) is 23.0. The van der Waals surface area contributed by atoms with Crippen molar-refractivity contribution in [1.29, 1.82) is 0 Å². The predicted octanol–water partition coefficient (Wildman–Crippen LogP) is 3.10. The Hall–Kier alpha value is -1.97. The van der Waals surface area contributed by atoms with Crippen molar-refractivity contribution in [2.75, 3.05) is 54.5 Å². The zero-order valence-corrected chi connectivity index (χ0v) is 19.4. The maximum absolute atomic E-state index is 9.46. The van der Waals surface area contributed by atoms with Crippen LogP contribution in [0.1, 0.15) is 11.1 Å². The molecular formula is C23H30O7S. The van der Waals surface area contributed by atoms with Gasteiger partial charge in [-0.2, -0.15) is 0 Å². The van der Waals surface area contributed by atoms with Gasteiger partial charge >= 0.3 is 0 Å². The van der Waals surface area contributed by atoms with Crippen molar-refractivity contribution >= 4 is 11.8 Å². The van der Waals surface area contributed by atoms with Crippen molar-refractivity contribution in [2.24, 2.45) is 0 Å². The van der Waals surface area contributed by atoms with Crippen molar-refractivity contribution in [2.45, 2.75) is 22.7 Å². The molecule has 1 aliphatic heterocycles. The van der Waals surface area contributed by atoms with Gasteiger partial charge in [-0.1, -0.05) is 18.2 Å². The monoisotopic (exact) mass is 450 g/mol. The standard InChI is InChI=1S/C23H30O7S/c1-25-17-12-15(13-18(26-2)21(17)28-4)23(16-8-6-7-9-20(16)31-5)22(29-11-10-24)19(27-3)14-30-23/h6-9,12-13,19,22,24H,10-11,14H2,1-5H3. The fourth-order valence-corrected chi connectivity index (χ4v) is 4.78. The minimum atomic E-state index is -1.01. The van der Waals surface area contributed by atoms with Gasteiger partial charge in [-0.15, -0.1) is 11.8 Å². The number of ether oxygens (including phenoxy) is 6. The molecule has 170 valence electrons. The molecule has 3 atom stereocenters. The SMILES string of the molecule is COc1cc(C2(c3ccccc3SC)OCC(OC)C2OCCO)cc(OC)c1OC. The highest BCUT2D eigenvalue weighted by atomic mass is 32.2. The number of aliphatic hydroxyl groups excluding tert-OH is 1. The molecule has 0 spiro atoms. The second-order valence-electron chi connectivity index (χ2n) is 6.95. The van der Waals surface area contributed by atoms with Crippen LogP contribution in [0.4, 0.5) is 0 Å². The molecular weight excluding hydrogens is 420 g/mol. The third-order valence-electron chi connectivity index (χ3n) is 5.51. The van der Waals surface area contributed by atoms with E-state index in [9.17, 15) is 5.11 Å². The van der Waals surface area contributed by atoms with Crippen LogP contribution < -0.4 is 14.2 Å². The van der Waals surface area contributed by atoms with Crippen molar-refractivity contribution < 1.29 is 33.5 Å². The quantitative estimate of drug-likeness (QED) is 0.554. The van der Waals surface area contributed by atoms with Crippen molar-refractivity contribution in [1.82, 2.24) is 0 Å². The van der Waals surface area contributed by atoms with Gasteiger partial charge in [0.25, 0.3) is 0 Å². The molecule has 7 nitrogen and oxygen atoms in total. The zero-order chi connectivity index (χ0) is 22.4. The summed E-state index contributed by atoms with van der Waals surface area (Å²) in [6.07, 6.45) is 1.18. The van der Waals surface area contributed by atoms with Crippen molar-refractivity contribution in [3.63, 3.8) is 0 Å². The number of hydrogen-bond donors (Lipinski definition) is 1. The molecule has 1 heterocycles. The molecule has 1 saturated heterocycles. The lowest BCUT2D eigenvalue weighted by Gasteiger charge is -2.37. The first-order valence-corrected chi connectivity index (χ1v) is 11.2. The molecule has 0 aromatic heterocycles. The number of aliphatic hydroxyl groups is 1. The van der Waals surface area contributed by atoms with E-state index in [1.807, 2.05) is 42.7 Å². The Morgan fingerprint density at radius 3 is 2.29 bits per heavy atom. The van der Waals surface area contributed by atoms with E-state index in [1.54, 1.807) is 40.2 Å². The third-order valence-corrected chi connectivity index (χ3v) is 6.30. The van der Waals surface area contributed by atoms with Gasteiger partial charge in [-0.25, -0.2) is 0 Å². The summed E-state index contributed by atoms with van der Waals surface area (Å²) in [4.78, 5) is 1.05. The number of methoxy groups -OCH3 is 4. The zero-order valence-electron chi connectivity index (χ0n) is 18.5. The lowest BCUT2D eigenvalue weighted by molar-refractivity contribution is -0.0929. The van der Waals surface area contributed by atoms with Crippen molar-refractivity contribution in [3.05, 3.63) is 47.5 Å². The first kappa shape index (κ1) is 23.7. The summed E-state index contributed by atoms with van der Waals surface area (Å²) >= 11 is 1.62. The molecule has 1 aliphatic rings. The summed E-state index contributed by atoms with van der Waals surface area (Å²) in [6, 6.07) is 11.8. The van der Waals surface area contributed by atoms with Crippen LogP contribution in [0.5, 0.6) is 17.2 Å². The Bertz CT molecular complexity index is 850. The smallest absolute Gasteiger partial charge is 0.203 e. The van der Waals surface area contributed by atoms with Crippen LogP contribution in [0.25, 0.3) is 0 Å². The van der Waals surface area contributed by atoms with Crippen LogP contribution in [0.2, 0.25) is 0 Å². The van der Waals surface area contributed by atoms with Crippen LogP contribution in [0.15, 0.2) is 41.3 Å². The second-order valence-corrected chi connectivity index (χ2v) is 7.80. The van der Waals surface area contributed by atoms with Crippen LogP contribution in [-0.4, -0.2) is 71.8 Å². The maximum Gasteiger partial charge on any atom is 0.203 e. The predicted molar refractivity (Wildman–Crippen MR) is 119 cm³/mol. The molecule has 2 aromatic rings. The molecule has 0 radical (unpaired) electrons. The molecule has 3 rings (SSSR count). The highest BCUT2D eigenvalue weighted by Crippen LogP contribution is 2.51. The highest BCUT2D eigenvalue weighted by molar-refractivity contribution is 7.98. The molecule has 0 amide bonds. The summed E-state index contributed by atoms with van der Waals surface area (Å²) in [7, 11) is 6.36. The summed E-state index contributed by atoms with van der Waals surface area (Å²) in [6.45, 7) is 0.371. The number of benzene rings is 2. The Morgan fingerprint density at radius 1 is 1.06 bits per heavy atom. The van der Waals surface area contributed by atoms with Gasteiger partial charge in [-0.05, 0) is 30.0 Å². The Kier molecular flexibility index (Phi) is 8.07. The average molecular weight is 451 g/mol. The Labute approximate surface area is 187 Å². The minimum Gasteiger partial charge on any atom is -0.493 e. The third kappa shape index (κ3) is 4.23. The van der Waals surface area contributed by atoms with E-state index in [0.717, 1.165) is 16.0 Å². The molecule has 1 fully saturated rings. The van der Waals surface area contributed by atoms with Gasteiger partial charge in [0.05, 0.1) is 41.2 Å². The number of thioether (sulfide) groups is 1. The van der Waals surface area contributed by atoms with E-state index >= 15 is 0 Å². The van der Waals surface area contributed by atoms with Gasteiger partial charge in [0.2, 0.25) is 5.75 Å². The maximum atomic E-state index is 9.46. The number of rotatable bonds is 10. The minimum absolute atomic E-state index is 0.109. The topological polar surface area (TPSA) is 75.6 Å². The lowest BCUT2D eigenvalue weighted by Crippen LogP contribution is -2.45. The van der Waals surface area contributed by atoms with Gasteiger partial charge in [0.15, 0.2) is 11.5 Å². The van der Waals surface area contributed by atoms with E-state index < -0.39 is 11.7 Å². The van der Waals surface area contributed by atoms with Gasteiger partial charge in [0, 0.05) is 17.6 Å². The fraction of sp³-hybridized carbons (Fsp3) is 0.478. The Morgan fingerprint density at radius 2 is 1.74 bits per heavy atom. The lowest BCUT2D eigenvalue weighted by atomic mass is 9.80. The average Bonchev–Trinajstić information content (AvgIpc) is 3.20. The highest BCUT2D eigenvalue weighted by Gasteiger charge is 2.55. The first-order valence-electron chi connectivity index (χ1n) is 9.94. The number of hydrogen-bond acceptors (Lipinski definition) is 8. The molecule has 0 saturated carbocycles. The summed E-state index contributed by atoms with van der Waals surface area (Å²) < 4.78 is 35.2. The molecule has 0 bridgehead atoms. The molecule has 2 aromatic carbocycles. The fourth-order valence-electron chi connectivity index (χ4n) is 4.12. The Balaban J connectivity index is 2.32. The molecule has 1 N–H and O–H groups in total. The summed E-state index contributed by atoms with van der Waals surface area (Å²) in [5, 5.41) is 9.46. The largest absolute Gasteiger partial charge is 0.493 e. The van der Waals surface area contributed by atoms with Crippen LogP contribution in [0.3, 0.4) is 0 Å². The molecule has 8 heteroatoms. The summed E-state index contributed by atoms with van der Waals surface area (Å²) in [5.74, 6) is 1.53. The van der Waals surface area contributed by atoms with Crippen molar-refractivity contribution in [3.8, 4) is 17.2 Å². The molecule has 0 aliphatic carbocycles. The van der Waals surface area contributed by atoms with E-state index in [4.69, 9.17) is 28.4 Å². The van der Waals surface area contributed by atoms with Crippen LogP contribution in [-0.2, 0) is 19.8 Å². The van der Waals surface area contributed by atoms with E-state index in [1.165, 1.54) is 0 Å². The van der Waals surface area contributed by atoms with Gasteiger partial charge in [-0.3, -0.25) is 0 Å².